The number of hydrogen-bond donors (Lipinski definition) is 1. The van der Waals surface area contributed by atoms with Crippen molar-refractivity contribution in [3.63, 3.8) is 0 Å². The summed E-state index contributed by atoms with van der Waals surface area (Å²) in [5.74, 6) is 1.78. The van der Waals surface area contributed by atoms with Crippen LogP contribution in [0, 0.1) is 5.92 Å². The van der Waals surface area contributed by atoms with E-state index in [1.807, 2.05) is 4.68 Å². The maximum Gasteiger partial charge on any atom is 0.138 e. The maximum atomic E-state index is 4.39. The Morgan fingerprint density at radius 3 is 2.71 bits per heavy atom. The van der Waals surface area contributed by atoms with E-state index in [1.54, 1.807) is 6.33 Å². The molecule has 2 atom stereocenters. The SMILES string of the molecule is CCCn1ncnc1CC(NCC)C(C)CC. The zero-order chi connectivity index (χ0) is 12.7. The Morgan fingerprint density at radius 2 is 2.12 bits per heavy atom. The summed E-state index contributed by atoms with van der Waals surface area (Å²) in [6.45, 7) is 10.8. The molecular weight excluding hydrogens is 212 g/mol. The standard InChI is InChI=1S/C13H26N4/c1-5-8-17-13(15-10-16-17)9-12(14-7-3)11(4)6-2/h10-12,14H,5-9H2,1-4H3. The van der Waals surface area contributed by atoms with E-state index in [9.17, 15) is 0 Å². The summed E-state index contributed by atoms with van der Waals surface area (Å²) in [6.07, 6.45) is 4.94. The lowest BCUT2D eigenvalue weighted by Crippen LogP contribution is -2.37. The maximum absolute atomic E-state index is 4.39. The van der Waals surface area contributed by atoms with Gasteiger partial charge in [-0.15, -0.1) is 0 Å². The van der Waals surface area contributed by atoms with Crippen molar-refractivity contribution in [3.8, 4) is 0 Å². The highest BCUT2D eigenvalue weighted by Gasteiger charge is 2.17. The summed E-state index contributed by atoms with van der Waals surface area (Å²) in [6, 6.07) is 0.504. The van der Waals surface area contributed by atoms with Gasteiger partial charge < -0.3 is 5.32 Å². The van der Waals surface area contributed by atoms with Crippen LogP contribution in [0.15, 0.2) is 6.33 Å². The zero-order valence-electron chi connectivity index (χ0n) is 11.6. The summed E-state index contributed by atoms with van der Waals surface area (Å²) < 4.78 is 2.03. The van der Waals surface area contributed by atoms with E-state index in [0.717, 1.165) is 31.8 Å². The quantitative estimate of drug-likeness (QED) is 0.755. The van der Waals surface area contributed by atoms with Gasteiger partial charge in [-0.25, -0.2) is 4.98 Å². The molecule has 98 valence electrons. The highest BCUT2D eigenvalue weighted by atomic mass is 15.3. The second-order valence-corrected chi connectivity index (χ2v) is 4.65. The normalized spacial score (nSPS) is 14.8. The molecule has 0 bridgehead atoms. The van der Waals surface area contributed by atoms with Gasteiger partial charge in [0.2, 0.25) is 0 Å². The summed E-state index contributed by atoms with van der Waals surface area (Å²) in [7, 11) is 0. The molecule has 1 N–H and O–H groups in total. The van der Waals surface area contributed by atoms with E-state index >= 15 is 0 Å². The Labute approximate surface area is 105 Å². The van der Waals surface area contributed by atoms with Crippen molar-refractivity contribution in [2.45, 2.75) is 59.5 Å². The van der Waals surface area contributed by atoms with E-state index in [2.05, 4.69) is 43.1 Å². The average Bonchev–Trinajstić information content (AvgIpc) is 2.76. The molecule has 1 rings (SSSR count). The fourth-order valence-electron chi connectivity index (χ4n) is 2.06. The van der Waals surface area contributed by atoms with Crippen LogP contribution in [0.5, 0.6) is 0 Å². The van der Waals surface area contributed by atoms with Crippen LogP contribution in [0.25, 0.3) is 0 Å². The van der Waals surface area contributed by atoms with Gasteiger partial charge in [0.05, 0.1) is 0 Å². The molecule has 1 aromatic rings. The third-order valence-corrected chi connectivity index (χ3v) is 3.33. The molecule has 0 saturated carbocycles. The Kier molecular flexibility index (Phi) is 6.19. The first-order valence-electron chi connectivity index (χ1n) is 6.82. The van der Waals surface area contributed by atoms with Crippen molar-refractivity contribution in [1.29, 1.82) is 0 Å². The topological polar surface area (TPSA) is 42.7 Å². The summed E-state index contributed by atoms with van der Waals surface area (Å²) >= 11 is 0. The number of nitrogens with one attached hydrogen (secondary N) is 1. The molecule has 0 aliphatic carbocycles. The van der Waals surface area contributed by atoms with Gasteiger partial charge in [-0.3, -0.25) is 4.68 Å². The third-order valence-electron chi connectivity index (χ3n) is 3.33. The van der Waals surface area contributed by atoms with Crippen LogP contribution < -0.4 is 5.32 Å². The fourth-order valence-corrected chi connectivity index (χ4v) is 2.06. The Bertz CT molecular complexity index is 308. The molecule has 0 saturated heterocycles. The second kappa shape index (κ2) is 7.43. The molecular formula is C13H26N4. The molecule has 2 unspecified atom stereocenters. The van der Waals surface area contributed by atoms with E-state index in [4.69, 9.17) is 0 Å². The number of hydrogen-bond acceptors (Lipinski definition) is 3. The molecule has 4 nitrogen and oxygen atoms in total. The molecule has 1 aromatic heterocycles. The van der Waals surface area contributed by atoms with Gasteiger partial charge in [0, 0.05) is 19.0 Å². The molecule has 0 amide bonds. The van der Waals surface area contributed by atoms with Gasteiger partial charge >= 0.3 is 0 Å². The lowest BCUT2D eigenvalue weighted by atomic mass is 9.96. The van der Waals surface area contributed by atoms with Gasteiger partial charge in [-0.2, -0.15) is 5.10 Å². The van der Waals surface area contributed by atoms with Gasteiger partial charge in [-0.1, -0.05) is 34.1 Å². The van der Waals surface area contributed by atoms with Gasteiger partial charge in [-0.05, 0) is 18.9 Å². The molecule has 17 heavy (non-hydrogen) atoms. The zero-order valence-corrected chi connectivity index (χ0v) is 11.6. The van der Waals surface area contributed by atoms with Crippen molar-refractivity contribution < 1.29 is 0 Å². The minimum atomic E-state index is 0.504. The Hall–Kier alpha value is -0.900. The number of rotatable bonds is 8. The predicted octanol–water partition coefficient (Wildman–Crippen LogP) is 2.25. The Balaban J connectivity index is 2.67. The van der Waals surface area contributed by atoms with Crippen LogP contribution in [0.1, 0.15) is 46.4 Å². The van der Waals surface area contributed by atoms with E-state index in [-0.39, 0.29) is 0 Å². The number of aromatic nitrogens is 3. The van der Waals surface area contributed by atoms with Crippen LogP contribution in [0.3, 0.4) is 0 Å². The third kappa shape index (κ3) is 4.11. The smallest absolute Gasteiger partial charge is 0.138 e. The molecule has 0 aliphatic rings. The van der Waals surface area contributed by atoms with Crippen molar-refractivity contribution in [3.05, 3.63) is 12.2 Å². The summed E-state index contributed by atoms with van der Waals surface area (Å²) in [4.78, 5) is 4.39. The van der Waals surface area contributed by atoms with E-state index in [1.165, 1.54) is 6.42 Å². The molecule has 1 heterocycles. The van der Waals surface area contributed by atoms with Gasteiger partial charge in [0.1, 0.15) is 12.2 Å². The largest absolute Gasteiger partial charge is 0.314 e. The summed E-state index contributed by atoms with van der Waals surface area (Å²) in [5.41, 5.74) is 0. The molecule has 0 spiro atoms. The van der Waals surface area contributed by atoms with Crippen molar-refractivity contribution in [2.24, 2.45) is 5.92 Å². The van der Waals surface area contributed by atoms with Crippen LogP contribution in [0.2, 0.25) is 0 Å². The van der Waals surface area contributed by atoms with Crippen molar-refractivity contribution >= 4 is 0 Å². The predicted molar refractivity (Wildman–Crippen MR) is 70.9 cm³/mol. The molecule has 0 fully saturated rings. The van der Waals surface area contributed by atoms with E-state index in [0.29, 0.717) is 12.0 Å². The highest BCUT2D eigenvalue weighted by molar-refractivity contribution is 4.91. The van der Waals surface area contributed by atoms with Gasteiger partial charge in [0.25, 0.3) is 0 Å². The molecule has 0 aromatic carbocycles. The first-order chi connectivity index (χ1) is 8.22. The number of aryl methyl sites for hydroxylation is 1. The first-order valence-corrected chi connectivity index (χ1v) is 6.82. The monoisotopic (exact) mass is 238 g/mol. The van der Waals surface area contributed by atoms with Crippen LogP contribution in [-0.2, 0) is 13.0 Å². The molecule has 0 aliphatic heterocycles. The second-order valence-electron chi connectivity index (χ2n) is 4.65. The van der Waals surface area contributed by atoms with E-state index < -0.39 is 0 Å². The Morgan fingerprint density at radius 1 is 1.35 bits per heavy atom. The van der Waals surface area contributed by atoms with Gasteiger partial charge in [0.15, 0.2) is 0 Å². The lowest BCUT2D eigenvalue weighted by Gasteiger charge is -2.23. The van der Waals surface area contributed by atoms with Crippen LogP contribution in [-0.4, -0.2) is 27.4 Å². The number of likely N-dealkylation sites (N-methyl/N-ethyl adjacent to an activating group) is 1. The highest BCUT2D eigenvalue weighted by Crippen LogP contribution is 2.12. The van der Waals surface area contributed by atoms with Crippen molar-refractivity contribution in [2.75, 3.05) is 6.54 Å². The van der Waals surface area contributed by atoms with Crippen molar-refractivity contribution in [1.82, 2.24) is 20.1 Å². The fraction of sp³-hybridized carbons (Fsp3) is 0.846. The lowest BCUT2D eigenvalue weighted by molar-refractivity contribution is 0.359. The first kappa shape index (κ1) is 14.2. The molecule has 0 radical (unpaired) electrons. The average molecular weight is 238 g/mol. The summed E-state index contributed by atoms with van der Waals surface area (Å²) in [5, 5.41) is 7.84. The number of nitrogens with zero attached hydrogens (tertiary/aromatic N) is 3. The minimum absolute atomic E-state index is 0.504. The van der Waals surface area contributed by atoms with Crippen LogP contribution >= 0.6 is 0 Å². The molecule has 4 heteroatoms. The van der Waals surface area contributed by atoms with Crippen LogP contribution in [0.4, 0.5) is 0 Å². The minimum Gasteiger partial charge on any atom is -0.314 e.